The SMILES string of the molecule is C[C@H]1CCCC[C@@]12NC(=O)N(CC(=O)c1c[nH]c3ccccc13)C2=O. The van der Waals surface area contributed by atoms with Gasteiger partial charge in [-0.15, -0.1) is 0 Å². The first-order valence-corrected chi connectivity index (χ1v) is 8.76. The average Bonchev–Trinajstić information content (AvgIpc) is 3.13. The summed E-state index contributed by atoms with van der Waals surface area (Å²) in [7, 11) is 0. The van der Waals surface area contributed by atoms with E-state index in [1.807, 2.05) is 31.2 Å². The Morgan fingerprint density at radius 1 is 1.28 bits per heavy atom. The van der Waals surface area contributed by atoms with Gasteiger partial charge in [-0.1, -0.05) is 38.0 Å². The fourth-order valence-corrected chi connectivity index (χ4v) is 4.17. The van der Waals surface area contributed by atoms with E-state index in [1.54, 1.807) is 6.20 Å². The number of imide groups is 1. The number of ketones is 1. The third-order valence-electron chi connectivity index (χ3n) is 5.69. The number of carbonyl (C=O) groups is 3. The minimum absolute atomic E-state index is 0.0888. The molecule has 2 atom stereocenters. The van der Waals surface area contributed by atoms with Crippen molar-refractivity contribution in [3.05, 3.63) is 36.0 Å². The van der Waals surface area contributed by atoms with Gasteiger partial charge in [0.05, 0.1) is 6.54 Å². The minimum atomic E-state index is -0.824. The number of benzene rings is 1. The van der Waals surface area contributed by atoms with Gasteiger partial charge in [0.15, 0.2) is 5.78 Å². The fraction of sp³-hybridized carbons (Fsp3) is 0.421. The summed E-state index contributed by atoms with van der Waals surface area (Å²) in [5.74, 6) is -0.398. The van der Waals surface area contributed by atoms with Gasteiger partial charge < -0.3 is 10.3 Å². The average molecular weight is 339 g/mol. The van der Waals surface area contributed by atoms with Crippen molar-refractivity contribution >= 4 is 28.6 Å². The van der Waals surface area contributed by atoms with Gasteiger partial charge in [0.1, 0.15) is 5.54 Å². The number of nitrogens with one attached hydrogen (secondary N) is 2. The molecule has 25 heavy (non-hydrogen) atoms. The fourth-order valence-electron chi connectivity index (χ4n) is 4.17. The molecule has 6 nitrogen and oxygen atoms in total. The van der Waals surface area contributed by atoms with Gasteiger partial charge in [0.2, 0.25) is 0 Å². The predicted molar refractivity (Wildman–Crippen MR) is 93.2 cm³/mol. The number of fused-ring (bicyclic) bond motifs is 1. The van der Waals surface area contributed by atoms with Crippen LogP contribution in [0.3, 0.4) is 0 Å². The first-order valence-electron chi connectivity index (χ1n) is 8.76. The molecule has 6 heteroatoms. The highest BCUT2D eigenvalue weighted by atomic mass is 16.2. The van der Waals surface area contributed by atoms with Gasteiger partial charge in [-0.2, -0.15) is 0 Å². The van der Waals surface area contributed by atoms with Crippen molar-refractivity contribution in [2.75, 3.05) is 6.54 Å². The molecule has 1 aliphatic heterocycles. The van der Waals surface area contributed by atoms with Crippen LogP contribution in [0.25, 0.3) is 10.9 Å². The van der Waals surface area contributed by atoms with Gasteiger partial charge in [-0.05, 0) is 24.8 Å². The summed E-state index contributed by atoms with van der Waals surface area (Å²) in [6.45, 7) is 1.78. The number of aromatic nitrogens is 1. The van der Waals surface area contributed by atoms with Gasteiger partial charge in [-0.3, -0.25) is 14.5 Å². The zero-order valence-electron chi connectivity index (χ0n) is 14.2. The Morgan fingerprint density at radius 3 is 2.88 bits per heavy atom. The van der Waals surface area contributed by atoms with Crippen molar-refractivity contribution in [1.82, 2.24) is 15.2 Å². The zero-order chi connectivity index (χ0) is 17.6. The van der Waals surface area contributed by atoms with E-state index >= 15 is 0 Å². The number of nitrogens with zero attached hydrogens (tertiary/aromatic N) is 1. The number of aromatic amines is 1. The highest BCUT2D eigenvalue weighted by Crippen LogP contribution is 2.38. The summed E-state index contributed by atoms with van der Waals surface area (Å²) in [6, 6.07) is 7.04. The lowest BCUT2D eigenvalue weighted by molar-refractivity contribution is -0.133. The summed E-state index contributed by atoms with van der Waals surface area (Å²) in [6.07, 6.45) is 5.19. The van der Waals surface area contributed by atoms with Crippen molar-refractivity contribution in [1.29, 1.82) is 0 Å². The molecule has 2 aromatic rings. The first kappa shape index (κ1) is 15.9. The number of H-pyrrole nitrogens is 1. The molecular weight excluding hydrogens is 318 g/mol. The van der Waals surface area contributed by atoms with Crippen LogP contribution >= 0.6 is 0 Å². The standard InChI is InChI=1S/C19H21N3O3/c1-12-6-4-5-9-19(12)17(24)22(18(25)21-19)11-16(23)14-10-20-15-8-3-2-7-13(14)15/h2-3,7-8,10,12,20H,4-6,9,11H2,1H3,(H,21,25)/t12-,19+/m0/s1. The molecule has 3 amide bonds. The number of Topliss-reactive ketones (excluding diaryl/α,β-unsaturated/α-hetero) is 1. The quantitative estimate of drug-likeness (QED) is 0.666. The molecule has 1 saturated heterocycles. The van der Waals surface area contributed by atoms with E-state index in [4.69, 9.17) is 0 Å². The zero-order valence-corrected chi connectivity index (χ0v) is 14.2. The second-order valence-electron chi connectivity index (χ2n) is 7.11. The Bertz CT molecular complexity index is 872. The molecule has 0 bridgehead atoms. The summed E-state index contributed by atoms with van der Waals surface area (Å²) >= 11 is 0. The van der Waals surface area contributed by atoms with Crippen LogP contribution < -0.4 is 5.32 Å². The van der Waals surface area contributed by atoms with Crippen LogP contribution in [0.5, 0.6) is 0 Å². The van der Waals surface area contributed by atoms with Crippen molar-refractivity contribution in [3.63, 3.8) is 0 Å². The Kier molecular flexibility index (Phi) is 3.63. The molecule has 2 aliphatic rings. The molecule has 130 valence electrons. The lowest BCUT2D eigenvalue weighted by Crippen LogP contribution is -2.54. The second kappa shape index (κ2) is 5.72. The Balaban J connectivity index is 1.59. The van der Waals surface area contributed by atoms with E-state index in [1.165, 1.54) is 0 Å². The van der Waals surface area contributed by atoms with Gasteiger partial charge >= 0.3 is 6.03 Å². The summed E-state index contributed by atoms with van der Waals surface area (Å²) in [4.78, 5) is 42.2. The maximum absolute atomic E-state index is 13.0. The molecule has 1 aromatic heterocycles. The van der Waals surface area contributed by atoms with E-state index in [-0.39, 0.29) is 24.2 Å². The predicted octanol–water partition coefficient (Wildman–Crippen LogP) is 2.85. The van der Waals surface area contributed by atoms with Crippen molar-refractivity contribution in [3.8, 4) is 0 Å². The van der Waals surface area contributed by atoms with Crippen molar-refractivity contribution in [2.24, 2.45) is 5.92 Å². The van der Waals surface area contributed by atoms with Crippen LogP contribution in [-0.2, 0) is 4.79 Å². The summed E-state index contributed by atoms with van der Waals surface area (Å²) in [5.41, 5.74) is 0.546. The third kappa shape index (κ3) is 2.35. The molecule has 2 fully saturated rings. The monoisotopic (exact) mass is 339 g/mol. The smallest absolute Gasteiger partial charge is 0.325 e. The van der Waals surface area contributed by atoms with Gasteiger partial charge in [0, 0.05) is 22.7 Å². The van der Waals surface area contributed by atoms with Crippen LogP contribution in [0.15, 0.2) is 30.5 Å². The van der Waals surface area contributed by atoms with E-state index in [0.29, 0.717) is 12.0 Å². The summed E-state index contributed by atoms with van der Waals surface area (Å²) in [5, 5.41) is 3.69. The van der Waals surface area contributed by atoms with Crippen LogP contribution in [0.1, 0.15) is 43.0 Å². The Labute approximate surface area is 145 Å². The Morgan fingerprint density at radius 2 is 2.08 bits per heavy atom. The summed E-state index contributed by atoms with van der Waals surface area (Å²) < 4.78 is 0. The second-order valence-corrected chi connectivity index (χ2v) is 7.11. The number of hydrogen-bond acceptors (Lipinski definition) is 3. The highest BCUT2D eigenvalue weighted by molar-refractivity contribution is 6.14. The maximum atomic E-state index is 13.0. The van der Waals surface area contributed by atoms with Crippen LogP contribution in [0.2, 0.25) is 0 Å². The lowest BCUT2D eigenvalue weighted by atomic mass is 9.73. The van der Waals surface area contributed by atoms with E-state index in [9.17, 15) is 14.4 Å². The van der Waals surface area contributed by atoms with E-state index in [2.05, 4.69) is 10.3 Å². The number of para-hydroxylation sites is 1. The molecule has 0 radical (unpaired) electrons. The molecule has 0 unspecified atom stereocenters. The molecule has 1 aromatic carbocycles. The van der Waals surface area contributed by atoms with Crippen LogP contribution in [0.4, 0.5) is 4.79 Å². The number of urea groups is 1. The minimum Gasteiger partial charge on any atom is -0.360 e. The Hall–Kier alpha value is -2.63. The normalized spacial score (nSPS) is 26.4. The molecule has 1 aliphatic carbocycles. The first-order chi connectivity index (χ1) is 12.0. The maximum Gasteiger partial charge on any atom is 0.325 e. The molecule has 4 rings (SSSR count). The third-order valence-corrected chi connectivity index (χ3v) is 5.69. The topological polar surface area (TPSA) is 82.3 Å². The largest absolute Gasteiger partial charge is 0.360 e. The van der Waals surface area contributed by atoms with E-state index in [0.717, 1.165) is 35.1 Å². The van der Waals surface area contributed by atoms with Crippen LogP contribution in [-0.4, -0.2) is 39.7 Å². The highest BCUT2D eigenvalue weighted by Gasteiger charge is 2.55. The molecule has 1 spiro atoms. The van der Waals surface area contributed by atoms with Crippen LogP contribution in [0, 0.1) is 5.92 Å². The molecule has 2 N–H and O–H groups in total. The van der Waals surface area contributed by atoms with Gasteiger partial charge in [-0.25, -0.2) is 4.79 Å². The number of amides is 3. The molecular formula is C19H21N3O3. The van der Waals surface area contributed by atoms with E-state index < -0.39 is 11.6 Å². The van der Waals surface area contributed by atoms with Gasteiger partial charge in [0.25, 0.3) is 5.91 Å². The van der Waals surface area contributed by atoms with Crippen molar-refractivity contribution in [2.45, 2.75) is 38.1 Å². The lowest BCUT2D eigenvalue weighted by Gasteiger charge is -2.36. The molecule has 2 heterocycles. The number of rotatable bonds is 3. The number of hydrogen-bond donors (Lipinski definition) is 2. The van der Waals surface area contributed by atoms with Crippen molar-refractivity contribution < 1.29 is 14.4 Å². The molecule has 1 saturated carbocycles. The number of carbonyl (C=O) groups excluding carboxylic acids is 3.